The van der Waals surface area contributed by atoms with Gasteiger partial charge in [0.15, 0.2) is 16.6 Å². The van der Waals surface area contributed by atoms with Crippen molar-refractivity contribution in [1.29, 1.82) is 0 Å². The smallest absolute Gasteiger partial charge is 0.171 e. The Balaban J connectivity index is 1.42. The molecule has 6 heteroatoms. The molecule has 30 heavy (non-hydrogen) atoms. The highest BCUT2D eigenvalue weighted by Gasteiger charge is 2.08. The van der Waals surface area contributed by atoms with E-state index in [0.717, 1.165) is 22.9 Å². The van der Waals surface area contributed by atoms with Crippen LogP contribution >= 0.6 is 24.0 Å². The second-order valence-electron chi connectivity index (χ2n) is 6.76. The molecule has 0 aromatic heterocycles. The highest BCUT2D eigenvalue weighted by atomic mass is 32.2. The van der Waals surface area contributed by atoms with Crippen molar-refractivity contribution in [2.45, 2.75) is 23.6 Å². The first-order chi connectivity index (χ1) is 14.6. The lowest BCUT2D eigenvalue weighted by Crippen LogP contribution is -2.39. The van der Waals surface area contributed by atoms with Crippen molar-refractivity contribution < 1.29 is 9.47 Å². The number of rotatable bonds is 9. The number of benzene rings is 3. The van der Waals surface area contributed by atoms with Crippen molar-refractivity contribution in [2.24, 2.45) is 0 Å². The Morgan fingerprint density at radius 3 is 2.30 bits per heavy atom. The van der Waals surface area contributed by atoms with Crippen molar-refractivity contribution in [2.75, 3.05) is 19.0 Å². The Labute approximate surface area is 188 Å². The minimum atomic E-state index is 0.0384. The largest absolute Gasteiger partial charge is 0.493 e. The highest BCUT2D eigenvalue weighted by Crippen LogP contribution is 2.26. The van der Waals surface area contributed by atoms with Gasteiger partial charge in [-0.15, -0.1) is 11.8 Å². The fraction of sp³-hybridized carbons (Fsp3) is 0.208. The summed E-state index contributed by atoms with van der Waals surface area (Å²) in [7, 11) is 1.63. The first-order valence-electron chi connectivity index (χ1n) is 9.74. The zero-order valence-electron chi connectivity index (χ0n) is 17.1. The van der Waals surface area contributed by atoms with Gasteiger partial charge in [0.25, 0.3) is 0 Å². The van der Waals surface area contributed by atoms with E-state index in [9.17, 15) is 0 Å². The average molecular weight is 439 g/mol. The number of hydrogen-bond donors (Lipinski definition) is 2. The van der Waals surface area contributed by atoms with Crippen molar-refractivity contribution in [3.8, 4) is 11.5 Å². The molecule has 0 fully saturated rings. The Morgan fingerprint density at radius 1 is 0.933 bits per heavy atom. The maximum absolute atomic E-state index is 5.84. The van der Waals surface area contributed by atoms with E-state index in [1.165, 1.54) is 10.5 Å². The number of nitrogens with one attached hydrogen (secondary N) is 2. The molecule has 0 aliphatic heterocycles. The molecule has 0 saturated carbocycles. The summed E-state index contributed by atoms with van der Waals surface area (Å²) >= 11 is 7.26. The molecular formula is C24H26N2O2S2. The molecule has 0 aliphatic carbocycles. The number of methoxy groups -OCH3 is 1. The van der Waals surface area contributed by atoms with Gasteiger partial charge in [0.05, 0.1) is 13.2 Å². The molecular weight excluding hydrogens is 412 g/mol. The number of thioether (sulfide) groups is 1. The van der Waals surface area contributed by atoms with Crippen LogP contribution in [0.1, 0.15) is 12.5 Å². The molecule has 0 amide bonds. The predicted octanol–water partition coefficient (Wildman–Crippen LogP) is 5.74. The lowest BCUT2D eigenvalue weighted by atomic mass is 10.2. The van der Waals surface area contributed by atoms with Crippen LogP contribution in [0.15, 0.2) is 83.8 Å². The molecule has 0 bridgehead atoms. The topological polar surface area (TPSA) is 42.5 Å². The molecule has 0 spiro atoms. The van der Waals surface area contributed by atoms with Gasteiger partial charge in [0, 0.05) is 16.3 Å². The Bertz CT molecular complexity index is 933. The molecule has 3 aromatic carbocycles. The third-order valence-corrected chi connectivity index (χ3v) is 5.60. The van der Waals surface area contributed by atoms with Crippen LogP contribution in [0.2, 0.25) is 0 Å². The van der Waals surface area contributed by atoms with Crippen LogP contribution < -0.4 is 20.1 Å². The van der Waals surface area contributed by atoms with Gasteiger partial charge in [0.2, 0.25) is 0 Å². The second kappa shape index (κ2) is 11.5. The second-order valence-corrected chi connectivity index (χ2v) is 8.22. The number of anilines is 1. The lowest BCUT2D eigenvalue weighted by molar-refractivity contribution is 0.270. The van der Waals surface area contributed by atoms with Crippen molar-refractivity contribution >= 4 is 34.8 Å². The zero-order chi connectivity index (χ0) is 21.2. The van der Waals surface area contributed by atoms with Gasteiger partial charge in [-0.05, 0) is 61.1 Å². The van der Waals surface area contributed by atoms with Crippen molar-refractivity contribution in [3.05, 3.63) is 84.4 Å². The van der Waals surface area contributed by atoms with Crippen LogP contribution in [0.5, 0.6) is 11.5 Å². The van der Waals surface area contributed by atoms with Gasteiger partial charge in [0.1, 0.15) is 6.61 Å². The van der Waals surface area contributed by atoms with E-state index >= 15 is 0 Å². The van der Waals surface area contributed by atoms with E-state index in [1.54, 1.807) is 7.11 Å². The highest BCUT2D eigenvalue weighted by molar-refractivity contribution is 7.98. The summed E-state index contributed by atoms with van der Waals surface area (Å²) in [5.74, 6) is 2.37. The van der Waals surface area contributed by atoms with E-state index in [2.05, 4.69) is 47.0 Å². The molecule has 0 radical (unpaired) electrons. The Morgan fingerprint density at radius 2 is 1.60 bits per heavy atom. The lowest BCUT2D eigenvalue weighted by Gasteiger charge is -2.18. The van der Waals surface area contributed by atoms with E-state index in [0.29, 0.717) is 11.7 Å². The van der Waals surface area contributed by atoms with Crippen LogP contribution in [0.3, 0.4) is 0 Å². The number of para-hydroxylation sites is 2. The Hall–Kier alpha value is -2.70. The van der Waals surface area contributed by atoms with Gasteiger partial charge in [-0.1, -0.05) is 42.5 Å². The van der Waals surface area contributed by atoms with Crippen LogP contribution in [0.25, 0.3) is 0 Å². The van der Waals surface area contributed by atoms with Crippen molar-refractivity contribution in [1.82, 2.24) is 5.32 Å². The van der Waals surface area contributed by atoms with Gasteiger partial charge in [-0.3, -0.25) is 0 Å². The van der Waals surface area contributed by atoms with Gasteiger partial charge in [-0.2, -0.15) is 0 Å². The SMILES string of the molecule is COc1ccccc1OC[C@@H](C)NC(=S)Nc1ccc(CSc2ccccc2)cc1. The quantitative estimate of drug-likeness (QED) is 0.328. The number of thiocarbonyl (C=S) groups is 1. The van der Waals surface area contributed by atoms with Gasteiger partial charge < -0.3 is 20.1 Å². The molecule has 1 atom stereocenters. The monoisotopic (exact) mass is 438 g/mol. The summed E-state index contributed by atoms with van der Waals surface area (Å²) in [6.07, 6.45) is 0. The van der Waals surface area contributed by atoms with Crippen LogP contribution in [-0.2, 0) is 5.75 Å². The molecule has 0 saturated heterocycles. The maximum atomic E-state index is 5.84. The van der Waals surface area contributed by atoms with E-state index in [4.69, 9.17) is 21.7 Å². The Kier molecular flexibility index (Phi) is 8.41. The molecule has 2 N–H and O–H groups in total. The number of ether oxygens (including phenoxy) is 2. The summed E-state index contributed by atoms with van der Waals surface area (Å²) in [5.41, 5.74) is 2.23. The predicted molar refractivity (Wildman–Crippen MR) is 130 cm³/mol. The van der Waals surface area contributed by atoms with Crippen LogP contribution in [-0.4, -0.2) is 24.9 Å². The van der Waals surface area contributed by atoms with E-state index in [-0.39, 0.29) is 6.04 Å². The maximum Gasteiger partial charge on any atom is 0.171 e. The molecule has 156 valence electrons. The summed E-state index contributed by atoms with van der Waals surface area (Å²) in [6.45, 7) is 2.49. The number of hydrogen-bond acceptors (Lipinski definition) is 4. The van der Waals surface area contributed by atoms with E-state index < -0.39 is 0 Å². The third kappa shape index (κ3) is 6.97. The van der Waals surface area contributed by atoms with Gasteiger partial charge in [-0.25, -0.2) is 0 Å². The first kappa shape index (κ1) is 22.0. The molecule has 3 rings (SSSR count). The zero-order valence-corrected chi connectivity index (χ0v) is 18.8. The fourth-order valence-corrected chi connectivity index (χ4v) is 3.95. The minimum absolute atomic E-state index is 0.0384. The molecule has 0 aliphatic rings. The average Bonchev–Trinajstić information content (AvgIpc) is 2.78. The van der Waals surface area contributed by atoms with Crippen LogP contribution in [0, 0.1) is 0 Å². The summed E-state index contributed by atoms with van der Waals surface area (Å²) < 4.78 is 11.1. The molecule has 0 heterocycles. The van der Waals surface area contributed by atoms with Gasteiger partial charge >= 0.3 is 0 Å². The summed E-state index contributed by atoms with van der Waals surface area (Å²) in [5, 5.41) is 7.04. The first-order valence-corrected chi connectivity index (χ1v) is 11.1. The van der Waals surface area contributed by atoms with Crippen LogP contribution in [0.4, 0.5) is 5.69 Å². The fourth-order valence-electron chi connectivity index (χ4n) is 2.75. The molecule has 4 nitrogen and oxygen atoms in total. The summed E-state index contributed by atoms with van der Waals surface area (Å²) in [6, 6.07) is 26.4. The molecule has 0 unspecified atom stereocenters. The van der Waals surface area contributed by atoms with E-state index in [1.807, 2.05) is 61.2 Å². The molecule has 3 aromatic rings. The van der Waals surface area contributed by atoms with Crippen molar-refractivity contribution in [3.63, 3.8) is 0 Å². The normalized spacial score (nSPS) is 11.4. The summed E-state index contributed by atoms with van der Waals surface area (Å²) in [4.78, 5) is 1.27. The standard InChI is InChI=1S/C24H26N2O2S2/c1-18(16-28-23-11-7-6-10-22(23)27-2)25-24(29)26-20-14-12-19(13-15-20)17-30-21-8-4-3-5-9-21/h3-15,18H,16-17H2,1-2H3,(H2,25,26,29)/t18-/m1/s1. The third-order valence-electron chi connectivity index (χ3n) is 4.30. The minimum Gasteiger partial charge on any atom is -0.493 e.